The number of carbonyl (C=O) groups is 1. The summed E-state index contributed by atoms with van der Waals surface area (Å²) < 4.78 is 19.2. The molecule has 1 unspecified atom stereocenters. The highest BCUT2D eigenvalue weighted by molar-refractivity contribution is 5.90. The monoisotopic (exact) mass is 318 g/mol. The molecule has 0 spiro atoms. The molecule has 6 heteroatoms. The zero-order valence-electron chi connectivity index (χ0n) is 12.8. The van der Waals surface area contributed by atoms with Crippen LogP contribution in [0.25, 0.3) is 11.3 Å². The first-order valence-corrected chi connectivity index (χ1v) is 7.58. The molecule has 1 aromatic heterocycles. The number of nitrogens with one attached hydrogen (secondary N) is 1. The molecule has 1 saturated carbocycles. The van der Waals surface area contributed by atoms with Gasteiger partial charge in [-0.1, -0.05) is 0 Å². The SMILES string of the molecule is CN(CC(O)C1CC1)C(=O)Nc1cc(-c2ccco2)ccc1F. The van der Waals surface area contributed by atoms with E-state index in [1.54, 1.807) is 25.2 Å². The zero-order valence-corrected chi connectivity index (χ0v) is 12.8. The Morgan fingerprint density at radius 3 is 2.91 bits per heavy atom. The minimum absolute atomic E-state index is 0.0802. The van der Waals surface area contributed by atoms with Crippen LogP contribution in [-0.4, -0.2) is 35.7 Å². The Balaban J connectivity index is 1.68. The largest absolute Gasteiger partial charge is 0.464 e. The first-order chi connectivity index (χ1) is 11.0. The van der Waals surface area contributed by atoms with Crippen LogP contribution in [0.5, 0.6) is 0 Å². The molecule has 0 saturated heterocycles. The highest BCUT2D eigenvalue weighted by Crippen LogP contribution is 2.32. The summed E-state index contributed by atoms with van der Waals surface area (Å²) in [6.45, 7) is 0.232. The lowest BCUT2D eigenvalue weighted by Crippen LogP contribution is -2.38. The van der Waals surface area contributed by atoms with Crippen LogP contribution in [-0.2, 0) is 0 Å². The van der Waals surface area contributed by atoms with Crippen molar-refractivity contribution < 1.29 is 18.7 Å². The molecule has 122 valence electrons. The van der Waals surface area contributed by atoms with E-state index in [0.717, 1.165) is 12.8 Å². The molecule has 23 heavy (non-hydrogen) atoms. The maximum atomic E-state index is 13.9. The fourth-order valence-electron chi connectivity index (χ4n) is 2.42. The summed E-state index contributed by atoms with van der Waals surface area (Å²) in [6, 6.07) is 7.44. The Labute approximate surface area is 133 Å². The summed E-state index contributed by atoms with van der Waals surface area (Å²) in [5.41, 5.74) is 0.754. The fraction of sp³-hybridized carbons (Fsp3) is 0.353. The van der Waals surface area contributed by atoms with Gasteiger partial charge in [-0.3, -0.25) is 0 Å². The molecule has 2 amide bonds. The molecular formula is C17H19FN2O3. The predicted molar refractivity (Wildman–Crippen MR) is 84.5 cm³/mol. The number of nitrogens with zero attached hydrogens (tertiary/aromatic N) is 1. The van der Waals surface area contributed by atoms with Crippen LogP contribution in [0.15, 0.2) is 41.0 Å². The van der Waals surface area contributed by atoms with E-state index in [1.807, 2.05) is 0 Å². The summed E-state index contributed by atoms with van der Waals surface area (Å²) in [5.74, 6) is 0.354. The van der Waals surface area contributed by atoms with E-state index in [1.165, 1.54) is 23.3 Å². The summed E-state index contributed by atoms with van der Waals surface area (Å²) in [6.07, 6.45) is 3.00. The normalized spacial score (nSPS) is 15.3. The van der Waals surface area contributed by atoms with Gasteiger partial charge in [0.25, 0.3) is 0 Å². The fourth-order valence-corrected chi connectivity index (χ4v) is 2.42. The minimum Gasteiger partial charge on any atom is -0.464 e. The summed E-state index contributed by atoms with van der Waals surface area (Å²) in [5, 5.41) is 12.4. The van der Waals surface area contributed by atoms with Crippen molar-refractivity contribution in [2.75, 3.05) is 18.9 Å². The Morgan fingerprint density at radius 2 is 2.26 bits per heavy atom. The van der Waals surface area contributed by atoms with Crippen LogP contribution in [0, 0.1) is 11.7 Å². The second-order valence-electron chi connectivity index (χ2n) is 5.89. The van der Waals surface area contributed by atoms with Crippen molar-refractivity contribution in [3.8, 4) is 11.3 Å². The highest BCUT2D eigenvalue weighted by atomic mass is 19.1. The number of aliphatic hydroxyl groups is 1. The molecule has 1 aliphatic rings. The van der Waals surface area contributed by atoms with Crippen LogP contribution in [0.3, 0.4) is 0 Å². The van der Waals surface area contributed by atoms with Gasteiger partial charge in [0.05, 0.1) is 18.1 Å². The van der Waals surface area contributed by atoms with Gasteiger partial charge in [0, 0.05) is 19.2 Å². The van der Waals surface area contributed by atoms with Crippen LogP contribution in [0.1, 0.15) is 12.8 Å². The van der Waals surface area contributed by atoms with Crippen molar-refractivity contribution >= 4 is 11.7 Å². The van der Waals surface area contributed by atoms with Crippen molar-refractivity contribution in [2.24, 2.45) is 5.92 Å². The quantitative estimate of drug-likeness (QED) is 0.889. The topological polar surface area (TPSA) is 65.7 Å². The first-order valence-electron chi connectivity index (χ1n) is 7.58. The number of benzene rings is 1. The number of halogens is 1. The maximum absolute atomic E-state index is 13.9. The lowest BCUT2D eigenvalue weighted by molar-refractivity contribution is 0.117. The molecular weight excluding hydrogens is 299 g/mol. The molecule has 1 fully saturated rings. The Bertz CT molecular complexity index is 683. The Hall–Kier alpha value is -2.34. The first kappa shape index (κ1) is 15.6. The molecule has 1 aromatic carbocycles. The van der Waals surface area contributed by atoms with Gasteiger partial charge in [-0.2, -0.15) is 0 Å². The average molecular weight is 318 g/mol. The lowest BCUT2D eigenvalue weighted by atomic mass is 10.1. The van der Waals surface area contributed by atoms with Crippen LogP contribution >= 0.6 is 0 Å². The van der Waals surface area contributed by atoms with Crippen molar-refractivity contribution in [3.63, 3.8) is 0 Å². The van der Waals surface area contributed by atoms with E-state index in [-0.39, 0.29) is 18.2 Å². The van der Waals surface area contributed by atoms with E-state index in [4.69, 9.17) is 4.42 Å². The number of carbonyl (C=O) groups excluding carboxylic acids is 1. The molecule has 0 radical (unpaired) electrons. The van der Waals surface area contributed by atoms with E-state index >= 15 is 0 Å². The smallest absolute Gasteiger partial charge is 0.321 e. The summed E-state index contributed by atoms with van der Waals surface area (Å²) in [7, 11) is 1.58. The van der Waals surface area contributed by atoms with Gasteiger partial charge in [-0.25, -0.2) is 9.18 Å². The van der Waals surface area contributed by atoms with E-state index in [2.05, 4.69) is 5.32 Å². The minimum atomic E-state index is -0.523. The second-order valence-corrected chi connectivity index (χ2v) is 5.89. The van der Waals surface area contributed by atoms with E-state index in [0.29, 0.717) is 11.3 Å². The van der Waals surface area contributed by atoms with Gasteiger partial charge in [-0.15, -0.1) is 0 Å². The van der Waals surface area contributed by atoms with Crippen LogP contribution < -0.4 is 5.32 Å². The van der Waals surface area contributed by atoms with Crippen molar-refractivity contribution in [3.05, 3.63) is 42.4 Å². The lowest BCUT2D eigenvalue weighted by Gasteiger charge is -2.21. The third-order valence-corrected chi connectivity index (χ3v) is 3.99. The maximum Gasteiger partial charge on any atom is 0.321 e. The number of amides is 2. The van der Waals surface area contributed by atoms with Crippen molar-refractivity contribution in [2.45, 2.75) is 18.9 Å². The van der Waals surface area contributed by atoms with Crippen LogP contribution in [0.2, 0.25) is 0 Å². The number of furan rings is 1. The standard InChI is InChI=1S/C17H19FN2O3/c1-20(10-15(21)11-4-5-11)17(22)19-14-9-12(6-7-13(14)18)16-3-2-8-23-16/h2-3,6-9,11,15,21H,4-5,10H2,1H3,(H,19,22). The van der Waals surface area contributed by atoms with Gasteiger partial charge in [0.1, 0.15) is 11.6 Å². The third kappa shape index (κ3) is 3.71. The van der Waals surface area contributed by atoms with Crippen molar-refractivity contribution in [1.29, 1.82) is 0 Å². The van der Waals surface area contributed by atoms with Crippen LogP contribution in [0.4, 0.5) is 14.9 Å². The van der Waals surface area contributed by atoms with Gasteiger partial charge in [-0.05, 0) is 49.1 Å². The molecule has 2 N–H and O–H groups in total. The molecule has 0 aliphatic heterocycles. The molecule has 5 nitrogen and oxygen atoms in total. The predicted octanol–water partition coefficient (Wildman–Crippen LogP) is 3.32. The number of hydrogen-bond donors (Lipinski definition) is 2. The zero-order chi connectivity index (χ0) is 16.4. The van der Waals surface area contributed by atoms with Gasteiger partial charge >= 0.3 is 6.03 Å². The van der Waals surface area contributed by atoms with Crippen molar-refractivity contribution in [1.82, 2.24) is 4.90 Å². The Morgan fingerprint density at radius 1 is 1.48 bits per heavy atom. The summed E-state index contributed by atoms with van der Waals surface area (Å²) >= 11 is 0. The van der Waals surface area contributed by atoms with Gasteiger partial charge in [0.15, 0.2) is 0 Å². The number of rotatable bonds is 5. The number of aliphatic hydroxyl groups excluding tert-OH is 1. The molecule has 3 rings (SSSR count). The molecule has 1 aliphatic carbocycles. The Kier molecular flexibility index (Phi) is 4.34. The average Bonchev–Trinajstić information content (AvgIpc) is 3.24. The molecule has 0 bridgehead atoms. The summed E-state index contributed by atoms with van der Waals surface area (Å²) in [4.78, 5) is 13.5. The molecule has 1 atom stereocenters. The van der Waals surface area contributed by atoms with Gasteiger partial charge < -0.3 is 19.7 Å². The molecule has 2 aromatic rings. The molecule has 1 heterocycles. The van der Waals surface area contributed by atoms with E-state index in [9.17, 15) is 14.3 Å². The second kappa shape index (κ2) is 6.42. The number of urea groups is 1. The highest BCUT2D eigenvalue weighted by Gasteiger charge is 2.31. The van der Waals surface area contributed by atoms with E-state index < -0.39 is 18.0 Å². The van der Waals surface area contributed by atoms with Gasteiger partial charge in [0.2, 0.25) is 0 Å². The number of anilines is 1. The number of likely N-dealkylation sites (N-methyl/N-ethyl adjacent to an activating group) is 1. The third-order valence-electron chi connectivity index (χ3n) is 3.99. The number of hydrogen-bond acceptors (Lipinski definition) is 3.